The summed E-state index contributed by atoms with van der Waals surface area (Å²) in [6.07, 6.45) is -0.117. The molecule has 2 heterocycles. The third-order valence-corrected chi connectivity index (χ3v) is 4.51. The molecule has 138 valence electrons. The number of ether oxygens (including phenoxy) is 2. The topological polar surface area (TPSA) is 54.9 Å². The van der Waals surface area contributed by atoms with E-state index in [1.807, 2.05) is 0 Å². The zero-order valence-electron chi connectivity index (χ0n) is 14.0. The third-order valence-electron chi connectivity index (χ3n) is 4.51. The molecule has 25 heavy (non-hydrogen) atoms. The second kappa shape index (κ2) is 7.51. The standard InChI is InChI=1S/C17H22F3N3O2/c1-21-16(23-14-10-13-6-7-15(14)24-13)22-9-8-11-2-4-12(5-3-11)25-17(18,19)20/h2-5,13-15H,6-10H2,1H3,(H2,21,22,23). The number of fused-ring (bicyclic) bond motifs is 2. The summed E-state index contributed by atoms with van der Waals surface area (Å²) in [5.74, 6) is 0.510. The Morgan fingerprint density at radius 3 is 2.60 bits per heavy atom. The van der Waals surface area contributed by atoms with Crippen LogP contribution in [0.15, 0.2) is 29.3 Å². The molecule has 2 fully saturated rings. The van der Waals surface area contributed by atoms with Crippen LogP contribution in [0.1, 0.15) is 24.8 Å². The summed E-state index contributed by atoms with van der Waals surface area (Å²) in [6.45, 7) is 0.626. The number of nitrogens with one attached hydrogen (secondary N) is 2. The van der Waals surface area contributed by atoms with Crippen LogP contribution in [0.4, 0.5) is 13.2 Å². The molecular weight excluding hydrogens is 335 g/mol. The van der Waals surface area contributed by atoms with Gasteiger partial charge in [0.2, 0.25) is 0 Å². The number of hydrogen-bond acceptors (Lipinski definition) is 3. The lowest BCUT2D eigenvalue weighted by Crippen LogP contribution is -2.47. The van der Waals surface area contributed by atoms with Crippen LogP contribution in [-0.2, 0) is 11.2 Å². The third kappa shape index (κ3) is 5.01. The maximum atomic E-state index is 12.1. The van der Waals surface area contributed by atoms with Gasteiger partial charge in [0.1, 0.15) is 5.75 Å². The Morgan fingerprint density at radius 1 is 1.28 bits per heavy atom. The molecule has 0 spiro atoms. The Kier molecular flexibility index (Phi) is 5.36. The molecule has 2 aliphatic rings. The van der Waals surface area contributed by atoms with Crippen LogP contribution in [0, 0.1) is 0 Å². The van der Waals surface area contributed by atoms with Crippen molar-refractivity contribution >= 4 is 5.96 Å². The van der Waals surface area contributed by atoms with E-state index in [4.69, 9.17) is 4.74 Å². The van der Waals surface area contributed by atoms with E-state index in [2.05, 4.69) is 20.4 Å². The van der Waals surface area contributed by atoms with Gasteiger partial charge in [-0.05, 0) is 43.4 Å². The molecule has 0 aromatic heterocycles. The van der Waals surface area contributed by atoms with Crippen LogP contribution in [0.5, 0.6) is 5.75 Å². The smallest absolute Gasteiger partial charge is 0.406 e. The van der Waals surface area contributed by atoms with E-state index in [1.54, 1.807) is 19.2 Å². The Balaban J connectivity index is 1.42. The molecule has 3 rings (SSSR count). The quantitative estimate of drug-likeness (QED) is 0.628. The summed E-state index contributed by atoms with van der Waals surface area (Å²) in [5, 5.41) is 6.62. The number of hydrogen-bond donors (Lipinski definition) is 2. The second-order valence-corrected chi connectivity index (χ2v) is 6.30. The van der Waals surface area contributed by atoms with Crippen LogP contribution >= 0.6 is 0 Å². The van der Waals surface area contributed by atoms with Crippen molar-refractivity contribution in [1.82, 2.24) is 10.6 Å². The molecule has 2 bridgehead atoms. The van der Waals surface area contributed by atoms with Crippen molar-refractivity contribution in [3.05, 3.63) is 29.8 Å². The van der Waals surface area contributed by atoms with Crippen LogP contribution < -0.4 is 15.4 Å². The molecule has 8 heteroatoms. The van der Waals surface area contributed by atoms with Crippen molar-refractivity contribution in [3.8, 4) is 5.75 Å². The second-order valence-electron chi connectivity index (χ2n) is 6.30. The fourth-order valence-electron chi connectivity index (χ4n) is 3.34. The lowest BCUT2D eigenvalue weighted by molar-refractivity contribution is -0.274. The molecule has 0 radical (unpaired) electrons. The molecule has 1 aromatic carbocycles. The average Bonchev–Trinajstić information content (AvgIpc) is 3.17. The van der Waals surface area contributed by atoms with Crippen LogP contribution in [0.3, 0.4) is 0 Å². The Hall–Kier alpha value is -1.96. The molecule has 2 saturated heterocycles. The Bertz CT molecular complexity index is 604. The fraction of sp³-hybridized carbons (Fsp3) is 0.588. The first-order valence-corrected chi connectivity index (χ1v) is 8.40. The Labute approximate surface area is 144 Å². The molecular formula is C17H22F3N3O2. The van der Waals surface area contributed by atoms with Crippen molar-refractivity contribution in [1.29, 1.82) is 0 Å². The number of halogens is 3. The summed E-state index contributed by atoms with van der Waals surface area (Å²) in [5.41, 5.74) is 0.917. The van der Waals surface area contributed by atoms with Gasteiger partial charge >= 0.3 is 6.36 Å². The molecule has 0 saturated carbocycles. The molecule has 5 nitrogen and oxygen atoms in total. The van der Waals surface area contributed by atoms with E-state index < -0.39 is 6.36 Å². The highest BCUT2D eigenvalue weighted by Gasteiger charge is 2.41. The van der Waals surface area contributed by atoms with Crippen molar-refractivity contribution < 1.29 is 22.6 Å². The highest BCUT2D eigenvalue weighted by Crippen LogP contribution is 2.34. The lowest BCUT2D eigenvalue weighted by atomic mass is 9.96. The Morgan fingerprint density at radius 2 is 2.04 bits per heavy atom. The lowest BCUT2D eigenvalue weighted by Gasteiger charge is -2.22. The van der Waals surface area contributed by atoms with Gasteiger partial charge in [-0.2, -0.15) is 0 Å². The average molecular weight is 357 g/mol. The zero-order chi connectivity index (χ0) is 17.9. The first kappa shape index (κ1) is 17.8. The highest BCUT2D eigenvalue weighted by molar-refractivity contribution is 5.80. The molecule has 1 aromatic rings. The number of guanidine groups is 1. The van der Waals surface area contributed by atoms with E-state index in [1.165, 1.54) is 12.1 Å². The minimum absolute atomic E-state index is 0.210. The van der Waals surface area contributed by atoms with E-state index in [0.717, 1.165) is 30.8 Å². The minimum Gasteiger partial charge on any atom is -0.406 e. The van der Waals surface area contributed by atoms with Gasteiger partial charge in [0.15, 0.2) is 5.96 Å². The van der Waals surface area contributed by atoms with Crippen molar-refractivity contribution in [2.24, 2.45) is 4.99 Å². The zero-order valence-corrected chi connectivity index (χ0v) is 14.0. The first-order chi connectivity index (χ1) is 11.9. The SMILES string of the molecule is CN=C(NCCc1ccc(OC(F)(F)F)cc1)NC1CC2CCC1O2. The maximum absolute atomic E-state index is 12.1. The monoisotopic (exact) mass is 357 g/mol. The van der Waals surface area contributed by atoms with Gasteiger partial charge in [-0.1, -0.05) is 12.1 Å². The maximum Gasteiger partial charge on any atom is 0.573 e. The summed E-state index contributed by atoms with van der Waals surface area (Å²) >= 11 is 0. The number of nitrogens with zero attached hydrogens (tertiary/aromatic N) is 1. The van der Waals surface area contributed by atoms with E-state index in [9.17, 15) is 13.2 Å². The van der Waals surface area contributed by atoms with Gasteiger partial charge in [-0.3, -0.25) is 4.99 Å². The van der Waals surface area contributed by atoms with Gasteiger partial charge in [0.05, 0.1) is 18.2 Å². The first-order valence-electron chi connectivity index (χ1n) is 8.40. The largest absolute Gasteiger partial charge is 0.573 e. The van der Waals surface area contributed by atoms with Crippen LogP contribution in [0.2, 0.25) is 0 Å². The number of rotatable bonds is 5. The molecule has 0 aliphatic carbocycles. The van der Waals surface area contributed by atoms with Crippen molar-refractivity contribution in [2.45, 2.75) is 50.3 Å². The number of alkyl halides is 3. The van der Waals surface area contributed by atoms with E-state index in [-0.39, 0.29) is 11.9 Å². The fourth-order valence-corrected chi connectivity index (χ4v) is 3.34. The molecule has 3 unspecified atom stereocenters. The highest BCUT2D eigenvalue weighted by atomic mass is 19.4. The van der Waals surface area contributed by atoms with E-state index in [0.29, 0.717) is 25.1 Å². The summed E-state index contributed by atoms with van der Waals surface area (Å²) in [6, 6.07) is 6.19. The summed E-state index contributed by atoms with van der Waals surface area (Å²) in [7, 11) is 1.71. The van der Waals surface area contributed by atoms with Crippen molar-refractivity contribution in [2.75, 3.05) is 13.6 Å². The van der Waals surface area contributed by atoms with Gasteiger partial charge in [0, 0.05) is 13.6 Å². The molecule has 2 N–H and O–H groups in total. The summed E-state index contributed by atoms with van der Waals surface area (Å²) < 4.78 is 46.1. The predicted octanol–water partition coefficient (Wildman–Crippen LogP) is 2.61. The van der Waals surface area contributed by atoms with Crippen LogP contribution in [0.25, 0.3) is 0 Å². The van der Waals surface area contributed by atoms with Crippen molar-refractivity contribution in [3.63, 3.8) is 0 Å². The molecule has 0 amide bonds. The van der Waals surface area contributed by atoms with Crippen LogP contribution in [-0.4, -0.2) is 44.2 Å². The van der Waals surface area contributed by atoms with E-state index >= 15 is 0 Å². The van der Waals surface area contributed by atoms with Gasteiger partial charge < -0.3 is 20.1 Å². The van der Waals surface area contributed by atoms with Gasteiger partial charge in [-0.25, -0.2) is 0 Å². The molecule has 3 atom stereocenters. The predicted molar refractivity (Wildman–Crippen MR) is 87.6 cm³/mol. The summed E-state index contributed by atoms with van der Waals surface area (Å²) in [4.78, 5) is 4.21. The number of aliphatic imine (C=N–C) groups is 1. The van der Waals surface area contributed by atoms with Gasteiger partial charge in [-0.15, -0.1) is 13.2 Å². The molecule has 2 aliphatic heterocycles. The van der Waals surface area contributed by atoms with Gasteiger partial charge in [0.25, 0.3) is 0 Å². The minimum atomic E-state index is -4.66. The number of benzene rings is 1. The normalized spacial score (nSPS) is 25.9.